The average Bonchev–Trinajstić information content (AvgIpc) is 2.90. The first-order valence-electron chi connectivity index (χ1n) is 12.5. The van der Waals surface area contributed by atoms with Crippen molar-refractivity contribution in [3.8, 4) is 5.75 Å². The third kappa shape index (κ3) is 7.62. The Bertz CT molecular complexity index is 1420. The van der Waals surface area contributed by atoms with Gasteiger partial charge in [-0.2, -0.15) is 13.2 Å². The molecule has 4 aromatic rings. The molecule has 3 aromatic carbocycles. The predicted octanol–water partition coefficient (Wildman–Crippen LogP) is 8.28. The Morgan fingerprint density at radius 1 is 0.769 bits per heavy atom. The van der Waals surface area contributed by atoms with Gasteiger partial charge in [-0.15, -0.1) is 6.58 Å². The van der Waals surface area contributed by atoms with Crippen LogP contribution in [0.2, 0.25) is 0 Å². The van der Waals surface area contributed by atoms with Crippen molar-refractivity contribution in [2.24, 2.45) is 0 Å². The first-order valence-corrected chi connectivity index (χ1v) is 12.5. The average molecular weight is 544 g/mol. The predicted molar refractivity (Wildman–Crippen MR) is 139 cm³/mol. The van der Waals surface area contributed by atoms with E-state index in [0.717, 1.165) is 60.0 Å². The van der Waals surface area contributed by atoms with Crippen LogP contribution in [-0.4, -0.2) is 17.8 Å². The van der Waals surface area contributed by atoms with Crippen molar-refractivity contribution in [1.29, 1.82) is 0 Å². The number of allylic oxidation sites excluding steroid dienone is 1. The number of fused-ring (bicyclic) bond motifs is 1. The van der Waals surface area contributed by atoms with Crippen LogP contribution in [0.4, 0.5) is 26.3 Å². The third-order valence-corrected chi connectivity index (χ3v) is 6.41. The molecular weight excluding hydrogens is 516 g/mol. The Labute approximate surface area is 223 Å². The second-order valence-electron chi connectivity index (χ2n) is 9.37. The number of pyridine rings is 1. The van der Waals surface area contributed by atoms with Crippen LogP contribution in [0.25, 0.3) is 10.8 Å². The Kier molecular flexibility index (Phi) is 8.94. The summed E-state index contributed by atoms with van der Waals surface area (Å²) in [5.74, 6) is -3.97. The fraction of sp³-hybridized carbons (Fsp3) is 0.258. The summed E-state index contributed by atoms with van der Waals surface area (Å²) in [5, 5.41) is 1.18. The van der Waals surface area contributed by atoms with E-state index in [1.165, 1.54) is 0 Å². The summed E-state index contributed by atoms with van der Waals surface area (Å²) in [7, 11) is 0. The Morgan fingerprint density at radius 2 is 1.49 bits per heavy atom. The van der Waals surface area contributed by atoms with E-state index in [9.17, 15) is 22.0 Å². The highest BCUT2D eigenvalue weighted by molar-refractivity contribution is 5.84. The number of hydrogen-bond donors (Lipinski definition) is 0. The van der Waals surface area contributed by atoms with Gasteiger partial charge in [0.2, 0.25) is 0 Å². The number of aromatic nitrogens is 1. The number of ether oxygens (including phenoxy) is 1. The molecule has 1 aromatic heterocycles. The summed E-state index contributed by atoms with van der Waals surface area (Å²) < 4.78 is 84.7. The van der Waals surface area contributed by atoms with Crippen molar-refractivity contribution in [3.05, 3.63) is 119 Å². The number of aryl methyl sites for hydroxylation is 5. The maximum Gasteiger partial charge on any atom is 0.422 e. The number of rotatable bonds is 11. The molecule has 4 rings (SSSR count). The molecule has 0 spiro atoms. The monoisotopic (exact) mass is 543 g/mol. The second-order valence-corrected chi connectivity index (χ2v) is 9.37. The Hall–Kier alpha value is -3.81. The number of hydrogen-bond acceptors (Lipinski definition) is 2. The van der Waals surface area contributed by atoms with E-state index in [1.807, 2.05) is 30.5 Å². The van der Waals surface area contributed by atoms with Crippen molar-refractivity contribution in [3.63, 3.8) is 0 Å². The minimum Gasteiger partial charge on any atom is -0.478 e. The van der Waals surface area contributed by atoms with Gasteiger partial charge in [-0.3, -0.25) is 4.98 Å². The first-order chi connectivity index (χ1) is 18.6. The van der Waals surface area contributed by atoms with Gasteiger partial charge in [0, 0.05) is 17.3 Å². The molecule has 0 aliphatic rings. The van der Waals surface area contributed by atoms with E-state index in [1.54, 1.807) is 18.2 Å². The number of halogens is 6. The zero-order valence-electron chi connectivity index (χ0n) is 21.1. The van der Waals surface area contributed by atoms with Gasteiger partial charge in [-0.05, 0) is 84.4 Å². The zero-order chi connectivity index (χ0) is 28.0. The van der Waals surface area contributed by atoms with Crippen molar-refractivity contribution >= 4 is 10.8 Å². The quantitative estimate of drug-likeness (QED) is 0.140. The van der Waals surface area contributed by atoms with Crippen molar-refractivity contribution in [2.45, 2.75) is 44.7 Å². The molecule has 0 radical (unpaired) electrons. The van der Waals surface area contributed by atoms with Gasteiger partial charge in [0.15, 0.2) is 24.0 Å². The molecule has 0 aliphatic heterocycles. The van der Waals surface area contributed by atoms with E-state index in [2.05, 4.69) is 22.4 Å². The van der Waals surface area contributed by atoms with Crippen LogP contribution in [0.5, 0.6) is 5.75 Å². The van der Waals surface area contributed by atoms with Crippen LogP contribution in [-0.2, 0) is 32.1 Å². The largest absolute Gasteiger partial charge is 0.478 e. The Morgan fingerprint density at radius 3 is 2.15 bits per heavy atom. The lowest BCUT2D eigenvalue weighted by molar-refractivity contribution is -0.154. The fourth-order valence-corrected chi connectivity index (χ4v) is 4.35. The van der Waals surface area contributed by atoms with E-state index >= 15 is 4.39 Å². The van der Waals surface area contributed by atoms with Crippen LogP contribution in [0.15, 0.2) is 73.4 Å². The molecule has 39 heavy (non-hydrogen) atoms. The van der Waals surface area contributed by atoms with Crippen molar-refractivity contribution in [1.82, 2.24) is 4.98 Å². The van der Waals surface area contributed by atoms with Gasteiger partial charge in [-0.1, -0.05) is 42.5 Å². The minimum absolute atomic E-state index is 0.0906. The maximum absolute atomic E-state index is 15.2. The van der Waals surface area contributed by atoms with Crippen LogP contribution in [0, 0.1) is 17.5 Å². The molecule has 1 heterocycles. The van der Waals surface area contributed by atoms with Crippen molar-refractivity contribution < 1.29 is 31.1 Å². The Balaban J connectivity index is 1.39. The summed E-state index contributed by atoms with van der Waals surface area (Å²) in [6.45, 7) is 1.93. The van der Waals surface area contributed by atoms with E-state index in [0.29, 0.717) is 10.9 Å². The van der Waals surface area contributed by atoms with Gasteiger partial charge < -0.3 is 4.74 Å². The summed E-state index contributed by atoms with van der Waals surface area (Å²) in [6.07, 6.45) is 2.60. The molecule has 0 bridgehead atoms. The molecule has 0 N–H and O–H groups in total. The molecule has 8 heteroatoms. The highest BCUT2D eigenvalue weighted by atomic mass is 19.4. The molecule has 0 atom stereocenters. The smallest absolute Gasteiger partial charge is 0.422 e. The lowest BCUT2D eigenvalue weighted by atomic mass is 9.97. The summed E-state index contributed by atoms with van der Waals surface area (Å²) >= 11 is 0. The van der Waals surface area contributed by atoms with E-state index in [-0.39, 0.29) is 18.4 Å². The lowest BCUT2D eigenvalue weighted by Gasteiger charge is -2.12. The molecule has 204 valence electrons. The van der Waals surface area contributed by atoms with E-state index in [4.69, 9.17) is 0 Å². The number of nitrogens with zero attached hydrogens (tertiary/aromatic N) is 1. The molecule has 0 amide bonds. The third-order valence-electron chi connectivity index (χ3n) is 6.41. The maximum atomic E-state index is 15.2. The van der Waals surface area contributed by atoms with Crippen LogP contribution >= 0.6 is 0 Å². The SMILES string of the molecule is C=CCCc1ccc(CCc2ccc3c(F)c(CCc4cc(F)c(OCC(F)(F)F)c(F)c4)ccc3c2)nc1. The standard InChI is InChI=1S/C31H27F6NO/c1-2-3-4-21-7-13-25(38-18-21)12-6-20-8-14-26-24(15-20)11-10-23(29(26)34)9-5-22-16-27(32)30(28(33)17-22)39-19-31(35,36)37/h2,7-8,10-11,13-18H,1,3-6,9,12,19H2. The van der Waals surface area contributed by atoms with Crippen LogP contribution < -0.4 is 4.74 Å². The molecule has 0 saturated carbocycles. The highest BCUT2D eigenvalue weighted by Gasteiger charge is 2.30. The van der Waals surface area contributed by atoms with Gasteiger partial charge >= 0.3 is 6.18 Å². The van der Waals surface area contributed by atoms with Crippen LogP contribution in [0.3, 0.4) is 0 Å². The summed E-state index contributed by atoms with van der Waals surface area (Å²) in [6, 6.07) is 14.9. The summed E-state index contributed by atoms with van der Waals surface area (Å²) in [4.78, 5) is 4.52. The molecule has 0 fully saturated rings. The fourth-order valence-electron chi connectivity index (χ4n) is 4.35. The van der Waals surface area contributed by atoms with Gasteiger partial charge in [0.1, 0.15) is 5.82 Å². The van der Waals surface area contributed by atoms with Crippen LogP contribution in [0.1, 0.15) is 34.4 Å². The molecular formula is C31H27F6NO. The molecule has 0 aliphatic carbocycles. The van der Waals surface area contributed by atoms with Gasteiger partial charge in [-0.25, -0.2) is 13.2 Å². The minimum atomic E-state index is -4.72. The number of benzene rings is 3. The molecule has 0 unspecified atom stereocenters. The topological polar surface area (TPSA) is 22.1 Å². The van der Waals surface area contributed by atoms with Crippen molar-refractivity contribution in [2.75, 3.05) is 6.61 Å². The first kappa shape index (κ1) is 28.2. The summed E-state index contributed by atoms with van der Waals surface area (Å²) in [5.41, 5.74) is 3.74. The van der Waals surface area contributed by atoms with E-state index < -0.39 is 36.0 Å². The molecule has 0 saturated heterocycles. The highest BCUT2D eigenvalue weighted by Crippen LogP contribution is 2.28. The zero-order valence-corrected chi connectivity index (χ0v) is 21.1. The molecule has 2 nitrogen and oxygen atoms in total. The van der Waals surface area contributed by atoms with Gasteiger partial charge in [0.25, 0.3) is 0 Å². The van der Waals surface area contributed by atoms with Gasteiger partial charge in [0.05, 0.1) is 0 Å². The lowest BCUT2D eigenvalue weighted by Crippen LogP contribution is -2.20. The number of alkyl halides is 3. The normalized spacial score (nSPS) is 11.6. The second kappa shape index (κ2) is 12.4.